The van der Waals surface area contributed by atoms with Crippen LogP contribution in [0.25, 0.3) is 9.69 Å². The summed E-state index contributed by atoms with van der Waals surface area (Å²) in [6.07, 6.45) is 1.19. The second kappa shape index (κ2) is 15.1. The molecule has 0 amide bonds. The van der Waals surface area contributed by atoms with Gasteiger partial charge >= 0.3 is 0 Å². The molecule has 0 fully saturated rings. The molecule has 0 aromatic carbocycles. The van der Waals surface area contributed by atoms with Crippen LogP contribution >= 0.6 is 0 Å². The van der Waals surface area contributed by atoms with Crippen molar-refractivity contribution in [3.63, 3.8) is 0 Å². The lowest BCUT2D eigenvalue weighted by atomic mass is 10.3. The Morgan fingerprint density at radius 3 is 1.40 bits per heavy atom. The van der Waals surface area contributed by atoms with E-state index in [2.05, 4.69) is 55.3 Å². The lowest BCUT2D eigenvalue weighted by molar-refractivity contribution is 0.183. The van der Waals surface area contributed by atoms with Crippen LogP contribution in [0.2, 0.25) is 0 Å². The van der Waals surface area contributed by atoms with Crippen LogP contribution in [0.4, 0.5) is 0 Å². The second-order valence-electron chi connectivity index (χ2n) is 7.06. The van der Waals surface area contributed by atoms with E-state index < -0.39 is 0 Å². The zero-order valence-electron chi connectivity index (χ0n) is 16.9. The summed E-state index contributed by atoms with van der Waals surface area (Å²) in [4.78, 5) is 18.1. The largest absolute Gasteiger partial charge is 0.309 e. The van der Waals surface area contributed by atoms with E-state index in [1.807, 2.05) is 14.1 Å². The highest BCUT2D eigenvalue weighted by Crippen LogP contribution is 1.96. The molecule has 0 spiro atoms. The predicted octanol–water partition coefficient (Wildman–Crippen LogP) is 0.789. The number of rotatable bonds is 15. The predicted molar refractivity (Wildman–Crippen MR) is 105 cm³/mol. The molecule has 0 N–H and O–H groups in total. The first-order valence-electron chi connectivity index (χ1n) is 8.98. The van der Waals surface area contributed by atoms with E-state index in [0.717, 1.165) is 52.4 Å². The molecule has 144 valence electrons. The van der Waals surface area contributed by atoms with Gasteiger partial charge in [0.15, 0.2) is 0 Å². The first kappa shape index (κ1) is 23.8. The molecule has 25 heavy (non-hydrogen) atoms. The molecule has 0 heterocycles. The van der Waals surface area contributed by atoms with E-state index in [-0.39, 0.29) is 0 Å². The van der Waals surface area contributed by atoms with Gasteiger partial charge in [-0.05, 0) is 54.7 Å². The van der Waals surface area contributed by atoms with Crippen LogP contribution in [0, 0.1) is 13.1 Å². The van der Waals surface area contributed by atoms with Crippen LogP contribution in [0.5, 0.6) is 0 Å². The molecule has 0 aromatic heterocycles. The first-order chi connectivity index (χ1) is 11.9. The van der Waals surface area contributed by atoms with Crippen molar-refractivity contribution in [1.29, 1.82) is 0 Å². The van der Waals surface area contributed by atoms with Gasteiger partial charge in [-0.2, -0.15) is 0 Å². The van der Waals surface area contributed by atoms with Crippen molar-refractivity contribution in [1.82, 2.24) is 24.5 Å². The third-order valence-corrected chi connectivity index (χ3v) is 4.16. The van der Waals surface area contributed by atoms with E-state index in [4.69, 9.17) is 13.1 Å². The molecule has 0 aliphatic rings. The maximum Gasteiger partial charge on any atom is 0.270 e. The van der Waals surface area contributed by atoms with Crippen LogP contribution in [-0.4, -0.2) is 125 Å². The van der Waals surface area contributed by atoms with Crippen LogP contribution in [0.1, 0.15) is 6.42 Å². The standard InChI is InChI=1S/C18H37N7/c1-19-17-23(6)12-15-25(16-13-24(7)18-20-2)14-11-22(5)10-8-9-21(3)4/h8-18H2,3-7H3. The molecule has 0 saturated heterocycles. The first-order valence-corrected chi connectivity index (χ1v) is 8.98. The molecule has 0 unspecified atom stereocenters. The maximum atomic E-state index is 6.96. The molecule has 0 saturated carbocycles. The highest BCUT2D eigenvalue weighted by molar-refractivity contribution is 4.68. The van der Waals surface area contributed by atoms with Gasteiger partial charge in [-0.1, -0.05) is 0 Å². The molecule has 7 heteroatoms. The second-order valence-corrected chi connectivity index (χ2v) is 7.06. The maximum absolute atomic E-state index is 6.96. The highest BCUT2D eigenvalue weighted by Gasteiger charge is 2.11. The van der Waals surface area contributed by atoms with Gasteiger partial charge in [-0.15, -0.1) is 0 Å². The Hall–Kier alpha value is -1.22. The van der Waals surface area contributed by atoms with Crippen molar-refractivity contribution >= 4 is 0 Å². The fourth-order valence-electron chi connectivity index (χ4n) is 2.42. The van der Waals surface area contributed by atoms with Crippen molar-refractivity contribution in [2.45, 2.75) is 6.42 Å². The van der Waals surface area contributed by atoms with Gasteiger partial charge in [0, 0.05) is 39.3 Å². The molecule has 0 radical (unpaired) electrons. The zero-order chi connectivity index (χ0) is 19.1. The van der Waals surface area contributed by atoms with Gasteiger partial charge in [0.25, 0.3) is 13.3 Å². The normalized spacial score (nSPS) is 11.7. The van der Waals surface area contributed by atoms with E-state index >= 15 is 0 Å². The van der Waals surface area contributed by atoms with Gasteiger partial charge in [0.1, 0.15) is 0 Å². The van der Waals surface area contributed by atoms with E-state index in [1.54, 1.807) is 0 Å². The SMILES string of the molecule is [C-]#[N+]CN(C)CCN(CCN(C)CCCN(C)C)CCN(C)C[N+]#[C-]. The third-order valence-electron chi connectivity index (χ3n) is 4.16. The summed E-state index contributed by atoms with van der Waals surface area (Å²) >= 11 is 0. The van der Waals surface area contributed by atoms with Crippen molar-refractivity contribution in [3.05, 3.63) is 22.8 Å². The highest BCUT2D eigenvalue weighted by atomic mass is 15.2. The molecule has 0 atom stereocenters. The van der Waals surface area contributed by atoms with Crippen LogP contribution < -0.4 is 0 Å². The van der Waals surface area contributed by atoms with Gasteiger partial charge in [0.05, 0.1) is 0 Å². The van der Waals surface area contributed by atoms with E-state index in [0.29, 0.717) is 13.3 Å². The Morgan fingerprint density at radius 2 is 1.00 bits per heavy atom. The minimum absolute atomic E-state index is 0.454. The fraction of sp³-hybridized carbons (Fsp3) is 0.889. The van der Waals surface area contributed by atoms with E-state index in [1.165, 1.54) is 6.42 Å². The Labute approximate surface area is 155 Å². The zero-order valence-corrected chi connectivity index (χ0v) is 16.9. The molecule has 0 aliphatic carbocycles. The minimum atomic E-state index is 0.454. The molecule has 7 nitrogen and oxygen atoms in total. The van der Waals surface area contributed by atoms with Gasteiger partial charge in [-0.3, -0.25) is 14.6 Å². The van der Waals surface area contributed by atoms with Crippen molar-refractivity contribution in [2.75, 3.05) is 101 Å². The average Bonchev–Trinajstić information content (AvgIpc) is 2.54. The Bertz CT molecular complexity index is 373. The molecule has 0 aliphatic heterocycles. The Kier molecular flexibility index (Phi) is 14.3. The van der Waals surface area contributed by atoms with Gasteiger partial charge in [-0.25, -0.2) is 22.9 Å². The quantitative estimate of drug-likeness (QED) is 0.406. The summed E-state index contributed by atoms with van der Waals surface area (Å²) in [6.45, 7) is 22.9. The summed E-state index contributed by atoms with van der Waals surface area (Å²) in [7, 11) is 10.4. The van der Waals surface area contributed by atoms with Gasteiger partial charge < -0.3 is 9.80 Å². The van der Waals surface area contributed by atoms with Crippen LogP contribution in [0.15, 0.2) is 0 Å². The molecular formula is C18H37N7. The number of hydrogen-bond acceptors (Lipinski definition) is 5. The fourth-order valence-corrected chi connectivity index (χ4v) is 2.42. The van der Waals surface area contributed by atoms with Crippen LogP contribution in [0.3, 0.4) is 0 Å². The number of likely N-dealkylation sites (N-methyl/N-ethyl adjacent to an activating group) is 3. The van der Waals surface area contributed by atoms with Crippen molar-refractivity contribution in [3.8, 4) is 0 Å². The molecular weight excluding hydrogens is 314 g/mol. The summed E-state index contributed by atoms with van der Waals surface area (Å²) in [5.74, 6) is 0. The lowest BCUT2D eigenvalue weighted by Crippen LogP contribution is -2.41. The minimum Gasteiger partial charge on any atom is -0.309 e. The topological polar surface area (TPSA) is 24.9 Å². The van der Waals surface area contributed by atoms with E-state index in [9.17, 15) is 0 Å². The summed E-state index contributed by atoms with van der Waals surface area (Å²) in [6, 6.07) is 0. The lowest BCUT2D eigenvalue weighted by Gasteiger charge is -2.27. The monoisotopic (exact) mass is 351 g/mol. The van der Waals surface area contributed by atoms with Crippen molar-refractivity contribution < 1.29 is 0 Å². The summed E-state index contributed by atoms with van der Waals surface area (Å²) in [5, 5.41) is 0. The molecule has 0 aromatic rings. The van der Waals surface area contributed by atoms with Gasteiger partial charge in [0.2, 0.25) is 0 Å². The molecule has 0 rings (SSSR count). The smallest absolute Gasteiger partial charge is 0.270 e. The molecule has 0 bridgehead atoms. The van der Waals surface area contributed by atoms with Crippen molar-refractivity contribution in [2.24, 2.45) is 0 Å². The number of hydrogen-bond donors (Lipinski definition) is 0. The van der Waals surface area contributed by atoms with Crippen LogP contribution in [-0.2, 0) is 0 Å². The Balaban J connectivity index is 4.27. The third kappa shape index (κ3) is 14.8. The summed E-state index contributed by atoms with van der Waals surface area (Å²) < 4.78 is 0. The Morgan fingerprint density at radius 1 is 0.560 bits per heavy atom. The number of nitrogens with zero attached hydrogens (tertiary/aromatic N) is 7. The summed E-state index contributed by atoms with van der Waals surface area (Å²) in [5.41, 5.74) is 0. The average molecular weight is 352 g/mol.